The molecule has 3 nitrogen and oxygen atoms in total. The van der Waals surface area contributed by atoms with Gasteiger partial charge in [-0.2, -0.15) is 0 Å². The zero-order valence-electron chi connectivity index (χ0n) is 2.65. The number of rotatable bonds is 3. The van der Waals surface area contributed by atoms with Gasteiger partial charge in [0.25, 0.3) is 0 Å². The Morgan fingerprint density at radius 1 is 2.00 bits per heavy atom. The summed E-state index contributed by atoms with van der Waals surface area (Å²) in [7, 11) is 0. The topological polar surface area (TPSA) is 38.3 Å². The molecule has 5 heteroatoms. The second-order valence-electron chi connectivity index (χ2n) is 0.363. The van der Waals surface area contributed by atoms with Crippen LogP contribution in [-0.2, 0) is 9.63 Å². The molecule has 6 heavy (non-hydrogen) atoms. The zero-order valence-corrected chi connectivity index (χ0v) is 6.96. The van der Waals surface area contributed by atoms with Crippen LogP contribution >= 0.6 is 18.6 Å². The Morgan fingerprint density at radius 2 is 2.67 bits per heavy atom. The molecule has 0 atom stereocenters. The second kappa shape index (κ2) is 5.89. The molecule has 0 aliphatic heterocycles. The van der Waals surface area contributed by atoms with Crippen LogP contribution in [0.25, 0.3) is 0 Å². The third-order valence-corrected chi connectivity index (χ3v) is 1.66. The third kappa shape index (κ3) is 4.89. The number of hydrogen-bond donors (Lipinski definition) is 1. The monoisotopic (exact) mass is 314 g/mol. The van der Waals surface area contributed by atoms with Crippen molar-refractivity contribution in [3.63, 3.8) is 0 Å². The van der Waals surface area contributed by atoms with E-state index in [1.165, 1.54) is 0 Å². The molecule has 0 unspecified atom stereocenters. The van der Waals surface area contributed by atoms with Gasteiger partial charge in [-0.1, -0.05) is 0 Å². The molecule has 0 saturated carbocycles. The van der Waals surface area contributed by atoms with Crippen molar-refractivity contribution in [1.29, 1.82) is 0 Å². The van der Waals surface area contributed by atoms with Crippen molar-refractivity contribution in [3.05, 3.63) is 0 Å². The van der Waals surface area contributed by atoms with E-state index < -0.39 is 0 Å². The maximum atomic E-state index is 9.29. The molecule has 0 rings (SSSR count). The maximum absolute atomic E-state index is 9.29. The van der Waals surface area contributed by atoms with Crippen LogP contribution in [0.5, 0.6) is 0 Å². The average Bonchev–Trinajstić information content (AvgIpc) is 1.61. The van der Waals surface area contributed by atoms with Crippen molar-refractivity contribution in [2.45, 2.75) is 0 Å². The summed E-state index contributed by atoms with van der Waals surface area (Å²) in [6, 6.07) is 0. The molecule has 0 fully saturated rings. The fourth-order valence-corrected chi connectivity index (χ4v) is 0.880. The Kier molecular flexibility index (Phi) is 6.76. The van der Waals surface area contributed by atoms with Gasteiger partial charge in [0.2, 0.25) is 0 Å². The third-order valence-electron chi connectivity index (χ3n) is 0.122. The summed E-state index contributed by atoms with van der Waals surface area (Å²) >= 11 is 1.99. The molecule has 0 saturated heterocycles. The molecule has 0 bridgehead atoms. The molecule has 38 valence electrons. The molecule has 0 aliphatic rings. The Labute approximate surface area is 55.6 Å². The Hall–Kier alpha value is 0.890. The predicted octanol–water partition coefficient (Wildman–Crippen LogP) is -2.98. The molecule has 0 aromatic heterocycles. The number of carbonyl (C=O) groups is 1. The van der Waals surface area contributed by atoms with Gasteiger partial charge in [0.05, 0.1) is 0 Å². The summed E-state index contributed by atoms with van der Waals surface area (Å²) in [5.41, 5.74) is 0. The van der Waals surface area contributed by atoms with Crippen LogP contribution in [0.15, 0.2) is 0 Å². The molecular weight excluding hydrogens is 312 g/mol. The van der Waals surface area contributed by atoms with Crippen LogP contribution in [-0.4, -0.2) is 6.47 Å². The van der Waals surface area contributed by atoms with Crippen LogP contribution in [0.4, 0.5) is 0 Å². The van der Waals surface area contributed by atoms with Crippen LogP contribution < -0.4 is 21.2 Å². The van der Waals surface area contributed by atoms with Gasteiger partial charge in [0.1, 0.15) is 0 Å². The average molecular weight is 314 g/mol. The standard InChI is InChI=1S/CH2I2NO2/c2-3-4-6-1-5/h1,4H/q-1. The minimum absolute atomic E-state index is 0.132. The summed E-state index contributed by atoms with van der Waals surface area (Å²) in [6.07, 6.45) is 0. The number of hydrogen-bond acceptors (Lipinski definition) is 3. The van der Waals surface area contributed by atoms with E-state index in [4.69, 9.17) is 0 Å². The van der Waals surface area contributed by atoms with E-state index in [2.05, 4.69) is 27.1 Å². The predicted molar refractivity (Wildman–Crippen MR) is 24.3 cm³/mol. The van der Waals surface area contributed by atoms with E-state index in [1.807, 2.05) is 0 Å². The molecule has 0 aliphatic carbocycles. The Morgan fingerprint density at radius 3 is 2.83 bits per heavy atom. The van der Waals surface area contributed by atoms with Crippen molar-refractivity contribution in [2.24, 2.45) is 0 Å². The van der Waals surface area contributed by atoms with E-state index in [9.17, 15) is 4.79 Å². The fraction of sp³-hybridized carbons (Fsp3) is 0. The van der Waals surface area contributed by atoms with Gasteiger partial charge >= 0.3 is 55.9 Å². The zero-order chi connectivity index (χ0) is 4.83. The first-order valence-electron chi connectivity index (χ1n) is 1.01. The minimum atomic E-state index is -0.132. The first-order valence-corrected chi connectivity index (χ1v) is 8.37. The molecule has 0 aromatic rings. The van der Waals surface area contributed by atoms with Crippen molar-refractivity contribution in [3.8, 4) is 0 Å². The van der Waals surface area contributed by atoms with Crippen LogP contribution in [0.3, 0.4) is 0 Å². The van der Waals surface area contributed by atoms with Gasteiger partial charge in [-0.15, -0.1) is 0 Å². The van der Waals surface area contributed by atoms with Gasteiger partial charge in [-0.3, -0.25) is 0 Å². The summed E-state index contributed by atoms with van der Waals surface area (Å²) in [4.78, 5) is 13.4. The SMILES string of the molecule is O=CON[I-]I. The number of carbonyl (C=O) groups excluding carboxylic acids is 1. The Balaban J connectivity index is 2.49. The Bertz CT molecular complexity index is 40.5. The van der Waals surface area contributed by atoms with Crippen molar-refractivity contribution in [1.82, 2.24) is 3.69 Å². The van der Waals surface area contributed by atoms with Gasteiger partial charge in [-0.05, 0) is 0 Å². The van der Waals surface area contributed by atoms with Crippen molar-refractivity contribution < 1.29 is 27.1 Å². The fourth-order valence-electron chi connectivity index (χ4n) is 0.0350. The normalized spacial score (nSPS) is 8.17. The quantitative estimate of drug-likeness (QED) is 0.199. The summed E-state index contributed by atoms with van der Waals surface area (Å²) < 4.78 is 2.43. The van der Waals surface area contributed by atoms with Crippen LogP contribution in [0.2, 0.25) is 0 Å². The molecular formula is CH2I2NO2-. The molecule has 0 heterocycles. The van der Waals surface area contributed by atoms with Crippen molar-refractivity contribution >= 4 is 25.1 Å². The van der Waals surface area contributed by atoms with E-state index >= 15 is 0 Å². The second-order valence-corrected chi connectivity index (χ2v) is 3.95. The first kappa shape index (κ1) is 6.89. The van der Waals surface area contributed by atoms with Crippen LogP contribution in [0, 0.1) is 0 Å². The first-order chi connectivity index (χ1) is 2.91. The van der Waals surface area contributed by atoms with E-state index in [0.717, 1.165) is 0 Å². The van der Waals surface area contributed by atoms with Gasteiger partial charge in [0.15, 0.2) is 0 Å². The molecule has 0 aromatic carbocycles. The van der Waals surface area contributed by atoms with E-state index in [1.54, 1.807) is 0 Å². The molecule has 1 N–H and O–H groups in total. The van der Waals surface area contributed by atoms with E-state index in [0.29, 0.717) is 6.47 Å². The number of nitrogens with one attached hydrogen (secondary N) is 1. The summed E-state index contributed by atoms with van der Waals surface area (Å²) in [5.74, 6) is 0. The van der Waals surface area contributed by atoms with Gasteiger partial charge in [-0.25, -0.2) is 0 Å². The summed E-state index contributed by atoms with van der Waals surface area (Å²) in [5, 5.41) is 0. The molecule has 0 radical (unpaired) electrons. The van der Waals surface area contributed by atoms with E-state index in [-0.39, 0.29) is 17.5 Å². The van der Waals surface area contributed by atoms with Crippen LogP contribution in [0.1, 0.15) is 0 Å². The summed E-state index contributed by atoms with van der Waals surface area (Å²) in [6.45, 7) is 0.373. The molecule has 0 amide bonds. The number of halogens is 2. The molecule has 0 spiro atoms. The van der Waals surface area contributed by atoms with Gasteiger partial charge < -0.3 is 0 Å². The van der Waals surface area contributed by atoms with Gasteiger partial charge in [0, 0.05) is 0 Å². The van der Waals surface area contributed by atoms with Crippen molar-refractivity contribution in [2.75, 3.05) is 0 Å².